The summed E-state index contributed by atoms with van der Waals surface area (Å²) >= 11 is 5.79. The van der Waals surface area contributed by atoms with Gasteiger partial charge in [0, 0.05) is 10.6 Å². The monoisotopic (exact) mass is 314 g/mol. The maximum Gasteiger partial charge on any atom is 0.345 e. The van der Waals surface area contributed by atoms with Crippen molar-refractivity contribution in [1.82, 2.24) is 0 Å². The Balaban J connectivity index is 2.02. The third-order valence-corrected chi connectivity index (χ3v) is 3.19. The predicted octanol–water partition coefficient (Wildman–Crippen LogP) is 3.92. The van der Waals surface area contributed by atoms with Gasteiger partial charge >= 0.3 is 5.97 Å². The fraction of sp³-hybridized carbons (Fsp3) is 0.167. The second kappa shape index (κ2) is 7.53. The van der Waals surface area contributed by atoms with Crippen molar-refractivity contribution in [3.63, 3.8) is 0 Å². The van der Waals surface area contributed by atoms with Gasteiger partial charge in [-0.05, 0) is 43.3 Å². The molecular weight excluding hydrogens is 300 g/mol. The zero-order valence-electron chi connectivity index (χ0n) is 12.0. The lowest BCUT2D eigenvalue weighted by molar-refractivity contribution is -0.144. The van der Waals surface area contributed by atoms with Crippen molar-refractivity contribution in [2.75, 3.05) is 0 Å². The van der Waals surface area contributed by atoms with Crippen LogP contribution in [0.3, 0.4) is 0 Å². The number of halogens is 1. The van der Waals surface area contributed by atoms with Crippen LogP contribution in [-0.2, 0) is 4.79 Å². The minimum Gasteiger partial charge on any atom is -0.478 e. The average Bonchev–Trinajstić information content (AvgIpc) is 2.50. The molecule has 0 amide bonds. The first-order valence-electron chi connectivity index (χ1n) is 6.75. The van der Waals surface area contributed by atoms with E-state index in [0.29, 0.717) is 10.8 Å². The lowest BCUT2D eigenvalue weighted by Gasteiger charge is -2.12. The second-order valence-corrected chi connectivity index (χ2v) is 5.21. The van der Waals surface area contributed by atoms with Crippen LogP contribution in [-0.4, -0.2) is 17.2 Å². The summed E-state index contributed by atoms with van der Waals surface area (Å²) in [5, 5.41) is 9.85. The lowest BCUT2D eigenvalue weighted by atomic mass is 10.2. The van der Waals surface area contributed by atoms with Crippen LogP contribution in [0.4, 0.5) is 0 Å². The number of hydrogen-bond acceptors (Lipinski definition) is 2. The zero-order chi connectivity index (χ0) is 15.9. The number of carboxylic acid groups (broad SMARTS) is 1. The average molecular weight is 315 g/mol. The summed E-state index contributed by atoms with van der Waals surface area (Å²) in [6.07, 6.45) is -0.895. The molecule has 0 aromatic heterocycles. The van der Waals surface area contributed by atoms with E-state index in [1.165, 1.54) is 0 Å². The van der Waals surface area contributed by atoms with Crippen LogP contribution in [0.2, 0.25) is 5.02 Å². The van der Waals surface area contributed by atoms with Crippen molar-refractivity contribution in [2.45, 2.75) is 19.4 Å². The van der Waals surface area contributed by atoms with E-state index in [4.69, 9.17) is 16.3 Å². The molecule has 112 valence electrons. The van der Waals surface area contributed by atoms with Crippen LogP contribution in [0, 0.1) is 18.8 Å². The van der Waals surface area contributed by atoms with E-state index in [2.05, 4.69) is 11.8 Å². The van der Waals surface area contributed by atoms with E-state index in [1.54, 1.807) is 36.4 Å². The highest BCUT2D eigenvalue weighted by molar-refractivity contribution is 6.30. The van der Waals surface area contributed by atoms with E-state index < -0.39 is 12.1 Å². The maximum absolute atomic E-state index is 11.2. The molecule has 0 aliphatic rings. The number of benzene rings is 2. The van der Waals surface area contributed by atoms with E-state index in [9.17, 15) is 9.90 Å². The summed E-state index contributed by atoms with van der Waals surface area (Å²) in [5.41, 5.74) is 1.87. The molecule has 0 saturated heterocycles. The Morgan fingerprint density at radius 3 is 2.41 bits per heavy atom. The molecule has 0 saturated carbocycles. The SMILES string of the molecule is Cc1ccc(OC(CC#Cc2ccc(Cl)cc2)C(=O)O)cc1. The maximum atomic E-state index is 11.2. The molecule has 0 heterocycles. The fourth-order valence-electron chi connectivity index (χ4n) is 1.74. The van der Waals surface area contributed by atoms with Crippen LogP contribution >= 0.6 is 11.6 Å². The van der Waals surface area contributed by atoms with Crippen molar-refractivity contribution >= 4 is 17.6 Å². The van der Waals surface area contributed by atoms with Gasteiger partial charge in [0.25, 0.3) is 0 Å². The van der Waals surface area contributed by atoms with Gasteiger partial charge in [-0.3, -0.25) is 0 Å². The summed E-state index contributed by atoms with van der Waals surface area (Å²) in [6, 6.07) is 14.3. The summed E-state index contributed by atoms with van der Waals surface area (Å²) in [5.74, 6) is 5.22. The van der Waals surface area contributed by atoms with Crippen molar-refractivity contribution in [2.24, 2.45) is 0 Å². The first-order chi connectivity index (χ1) is 10.5. The zero-order valence-corrected chi connectivity index (χ0v) is 12.8. The van der Waals surface area contributed by atoms with Gasteiger partial charge < -0.3 is 9.84 Å². The van der Waals surface area contributed by atoms with Crippen LogP contribution in [0.25, 0.3) is 0 Å². The highest BCUT2D eigenvalue weighted by atomic mass is 35.5. The Kier molecular flexibility index (Phi) is 5.46. The molecule has 1 unspecified atom stereocenters. The summed E-state index contributed by atoms with van der Waals surface area (Å²) in [6.45, 7) is 1.95. The van der Waals surface area contributed by atoms with Gasteiger partial charge in [0.15, 0.2) is 0 Å². The fourth-order valence-corrected chi connectivity index (χ4v) is 1.87. The van der Waals surface area contributed by atoms with Gasteiger partial charge in [-0.25, -0.2) is 4.79 Å². The molecule has 0 bridgehead atoms. The second-order valence-electron chi connectivity index (χ2n) is 4.77. The molecule has 1 N–H and O–H groups in total. The Hall–Kier alpha value is -2.44. The number of aliphatic carboxylic acids is 1. The molecule has 2 aromatic rings. The van der Waals surface area contributed by atoms with E-state index in [-0.39, 0.29) is 6.42 Å². The summed E-state index contributed by atoms with van der Waals surface area (Å²) in [4.78, 5) is 11.2. The first-order valence-corrected chi connectivity index (χ1v) is 7.13. The van der Waals surface area contributed by atoms with E-state index in [1.807, 2.05) is 19.1 Å². The Bertz CT molecular complexity index is 694. The third kappa shape index (κ3) is 4.83. The number of ether oxygens (including phenoxy) is 1. The summed E-state index contributed by atoms with van der Waals surface area (Å²) in [7, 11) is 0. The van der Waals surface area contributed by atoms with Crippen LogP contribution in [0.5, 0.6) is 5.75 Å². The Morgan fingerprint density at radius 1 is 1.18 bits per heavy atom. The minimum atomic E-state index is -1.04. The van der Waals surface area contributed by atoms with Crippen molar-refractivity contribution in [3.8, 4) is 17.6 Å². The van der Waals surface area contributed by atoms with Gasteiger partial charge in [-0.2, -0.15) is 0 Å². The summed E-state index contributed by atoms with van der Waals surface area (Å²) < 4.78 is 5.46. The smallest absolute Gasteiger partial charge is 0.345 e. The quantitative estimate of drug-likeness (QED) is 0.870. The first kappa shape index (κ1) is 15.9. The molecule has 3 nitrogen and oxygen atoms in total. The molecule has 0 aliphatic carbocycles. The number of carboxylic acids is 1. The largest absolute Gasteiger partial charge is 0.478 e. The van der Waals surface area contributed by atoms with Crippen molar-refractivity contribution in [3.05, 3.63) is 64.7 Å². The molecule has 0 fully saturated rings. The predicted molar refractivity (Wildman–Crippen MR) is 86.2 cm³/mol. The van der Waals surface area contributed by atoms with E-state index >= 15 is 0 Å². The Morgan fingerprint density at radius 2 is 1.82 bits per heavy atom. The number of rotatable bonds is 4. The van der Waals surface area contributed by atoms with Gasteiger partial charge in [0.1, 0.15) is 5.75 Å². The van der Waals surface area contributed by atoms with E-state index in [0.717, 1.165) is 11.1 Å². The molecule has 0 aliphatic heterocycles. The number of hydrogen-bond donors (Lipinski definition) is 1. The Labute approximate surface area is 134 Å². The molecule has 2 rings (SSSR count). The molecule has 22 heavy (non-hydrogen) atoms. The van der Waals surface area contributed by atoms with Gasteiger partial charge in [-0.15, -0.1) is 0 Å². The van der Waals surface area contributed by atoms with Gasteiger partial charge in [0.05, 0.1) is 6.42 Å². The highest BCUT2D eigenvalue weighted by Crippen LogP contribution is 2.15. The third-order valence-electron chi connectivity index (χ3n) is 2.94. The molecular formula is C18H15ClO3. The standard InChI is InChI=1S/C18H15ClO3/c1-13-5-11-16(12-6-13)22-17(18(20)21)4-2-3-14-7-9-15(19)10-8-14/h5-12,17H,4H2,1H3,(H,20,21). The van der Waals surface area contributed by atoms with Gasteiger partial charge in [-0.1, -0.05) is 41.1 Å². The molecule has 0 radical (unpaired) electrons. The van der Waals surface area contributed by atoms with Crippen LogP contribution in [0.1, 0.15) is 17.5 Å². The molecule has 2 aromatic carbocycles. The minimum absolute atomic E-state index is 0.103. The normalized spacial score (nSPS) is 11.2. The van der Waals surface area contributed by atoms with Crippen LogP contribution in [0.15, 0.2) is 48.5 Å². The van der Waals surface area contributed by atoms with Crippen LogP contribution < -0.4 is 4.74 Å². The van der Waals surface area contributed by atoms with Crippen molar-refractivity contribution < 1.29 is 14.6 Å². The lowest BCUT2D eigenvalue weighted by Crippen LogP contribution is -2.26. The molecule has 1 atom stereocenters. The molecule has 0 spiro atoms. The number of aryl methyl sites for hydroxylation is 1. The molecule has 4 heteroatoms. The topological polar surface area (TPSA) is 46.5 Å². The van der Waals surface area contributed by atoms with Gasteiger partial charge in [0.2, 0.25) is 6.10 Å². The van der Waals surface area contributed by atoms with Crippen molar-refractivity contribution in [1.29, 1.82) is 0 Å². The highest BCUT2D eigenvalue weighted by Gasteiger charge is 2.17. The number of carbonyl (C=O) groups is 1.